The van der Waals surface area contributed by atoms with Crippen molar-refractivity contribution in [1.82, 2.24) is 4.90 Å². The van der Waals surface area contributed by atoms with Crippen molar-refractivity contribution in [3.63, 3.8) is 0 Å². The Morgan fingerprint density at radius 1 is 0.977 bits per heavy atom. The first kappa shape index (κ1) is 66.8. The number of benzene rings is 2. The molecule has 5 saturated heterocycles. The van der Waals surface area contributed by atoms with Gasteiger partial charge in [0.05, 0.1) is 72.0 Å². The third-order valence-corrected chi connectivity index (χ3v) is 19.9. The molecule has 2 aromatic rings. The maximum absolute atomic E-state index is 14.9. The quantitative estimate of drug-likeness (QED) is 0.0226. The minimum atomic E-state index is -2.15. The molecule has 7 aliphatic rings. The Morgan fingerprint density at radius 2 is 1.64 bits per heavy atom. The molecule has 5 heterocycles. The summed E-state index contributed by atoms with van der Waals surface area (Å²) >= 11 is 4.29. The number of fused-ring (bicyclic) bond motifs is 6. The minimum absolute atomic E-state index is 0.0403. The van der Waals surface area contributed by atoms with Crippen molar-refractivity contribution in [3.8, 4) is 17.2 Å². The summed E-state index contributed by atoms with van der Waals surface area (Å²) < 4.78 is 83.4. The van der Waals surface area contributed by atoms with Gasteiger partial charge < -0.3 is 87.1 Å². The number of carboxylic acid groups (broad SMARTS) is 1. The van der Waals surface area contributed by atoms with E-state index < -0.39 is 166 Å². The number of hydrogen-bond acceptors (Lipinski definition) is 24. The number of phenolic OH excluding ortho intramolecular Hbond substituents is 1. The van der Waals surface area contributed by atoms with Gasteiger partial charge in [-0.3, -0.25) is 33.7 Å². The fourth-order valence-electron chi connectivity index (χ4n) is 14.5. The number of imide groups is 1. The van der Waals surface area contributed by atoms with Gasteiger partial charge in [0, 0.05) is 81.8 Å². The number of amides is 2. The summed E-state index contributed by atoms with van der Waals surface area (Å²) in [5.41, 5.74) is -7.20. The number of methoxy groups -OCH3 is 3. The molecule has 1 saturated carbocycles. The maximum Gasteiger partial charge on any atom is 0.306 e. The number of nitrogens with zero attached hydrogens (tertiary/aromatic N) is 1. The molecular formula is C61H85NO24S. The molecule has 2 bridgehead atoms. The van der Waals surface area contributed by atoms with Crippen molar-refractivity contribution in [1.29, 1.82) is 0 Å². The number of Topliss-reactive ketones (excluding diaryl/α,β-unsaturated/α-hetero) is 2. The SMILES string of the molecule is CCC(CC(=O)O)(CC(=O)C1(O)C(C)C2OC(O[C@]3(Oc4c(C)c(C)cc5c(OC)c6c(c(O)c45)C(=O)C(O)C[C@@H]6OC(C)OC(C)C(OC(C)=O)C(C)(C)O)C4OC(C(OC)OC)(OC4C)[C@]34CO4)CC21)OCCC(C)(CC)N1C(=O)CC(S)C1=O. The first-order valence-electron chi connectivity index (χ1n) is 29.7. The number of esters is 1. The van der Waals surface area contributed by atoms with Crippen LogP contribution in [0.15, 0.2) is 6.07 Å². The van der Waals surface area contributed by atoms with E-state index in [0.717, 1.165) is 0 Å². The third kappa shape index (κ3) is 10.7. The van der Waals surface area contributed by atoms with Gasteiger partial charge in [0.2, 0.25) is 23.7 Å². The van der Waals surface area contributed by atoms with Crippen LogP contribution in [0.1, 0.15) is 154 Å². The van der Waals surface area contributed by atoms with Gasteiger partial charge in [-0.1, -0.05) is 20.8 Å². The van der Waals surface area contributed by atoms with E-state index in [1.165, 1.54) is 47.0 Å². The molecule has 15 unspecified atom stereocenters. The van der Waals surface area contributed by atoms with Gasteiger partial charge in [-0.05, 0) is 91.8 Å². The number of hydrogen-bond donors (Lipinski definition) is 6. The largest absolute Gasteiger partial charge is 0.506 e. The lowest BCUT2D eigenvalue weighted by Crippen LogP contribution is -2.70. The molecule has 18 atom stereocenters. The average molecular weight is 1250 g/mol. The van der Waals surface area contributed by atoms with Gasteiger partial charge in [0.25, 0.3) is 11.6 Å². The minimum Gasteiger partial charge on any atom is -0.506 e. The first-order chi connectivity index (χ1) is 40.7. The number of aliphatic hydroxyl groups excluding tert-OH is 1. The Morgan fingerprint density at radius 3 is 2.20 bits per heavy atom. The van der Waals surface area contributed by atoms with Gasteiger partial charge >= 0.3 is 11.9 Å². The second-order valence-corrected chi connectivity index (χ2v) is 26.0. The van der Waals surface area contributed by atoms with E-state index in [-0.39, 0.29) is 84.6 Å². The summed E-state index contributed by atoms with van der Waals surface area (Å²) in [4.78, 5) is 81.2. The van der Waals surface area contributed by atoms with Crippen LogP contribution in [0.4, 0.5) is 0 Å². The number of aliphatic hydroxyl groups is 3. The van der Waals surface area contributed by atoms with E-state index in [1.54, 1.807) is 61.5 Å². The Labute approximate surface area is 510 Å². The number of phenols is 1. The van der Waals surface area contributed by atoms with Crippen LogP contribution in [-0.2, 0) is 76.1 Å². The average Bonchev–Trinajstić information content (AvgIpc) is 1.48. The van der Waals surface area contributed by atoms with Gasteiger partial charge in [0.1, 0.15) is 29.0 Å². The normalized spacial score (nSPS) is 34.1. The van der Waals surface area contributed by atoms with Gasteiger partial charge in [-0.2, -0.15) is 12.6 Å². The molecule has 2 aliphatic carbocycles. The summed E-state index contributed by atoms with van der Waals surface area (Å²) in [6.07, 6.45) is -12.6. The van der Waals surface area contributed by atoms with E-state index in [0.29, 0.717) is 17.5 Å². The van der Waals surface area contributed by atoms with Crippen LogP contribution < -0.4 is 9.47 Å². The molecule has 25 nitrogen and oxygen atoms in total. The van der Waals surface area contributed by atoms with E-state index in [9.17, 15) is 54.3 Å². The summed E-state index contributed by atoms with van der Waals surface area (Å²) in [5.74, 6) is -10.7. The van der Waals surface area contributed by atoms with E-state index in [2.05, 4.69) is 12.6 Å². The predicted octanol–water partition coefficient (Wildman–Crippen LogP) is 4.95. The van der Waals surface area contributed by atoms with Crippen LogP contribution >= 0.6 is 12.6 Å². The van der Waals surface area contributed by atoms with Gasteiger partial charge in [0.15, 0.2) is 36.4 Å². The van der Waals surface area contributed by atoms with Crippen LogP contribution in [-0.4, -0.2) is 201 Å². The number of epoxide rings is 1. The molecule has 26 heteroatoms. The van der Waals surface area contributed by atoms with Crippen molar-refractivity contribution in [2.75, 3.05) is 34.5 Å². The van der Waals surface area contributed by atoms with Crippen molar-refractivity contribution >= 4 is 58.7 Å². The van der Waals surface area contributed by atoms with Crippen LogP contribution in [0.25, 0.3) is 10.8 Å². The molecule has 484 valence electrons. The van der Waals surface area contributed by atoms with Gasteiger partial charge in [-0.25, -0.2) is 0 Å². The molecule has 2 aromatic carbocycles. The highest BCUT2D eigenvalue weighted by Gasteiger charge is 2.92. The number of carboxylic acids is 1. The second kappa shape index (κ2) is 23.9. The fraction of sp³-hybridized carbons (Fsp3) is 0.738. The number of ether oxygens (including phenoxy) is 13. The predicted molar refractivity (Wildman–Crippen MR) is 306 cm³/mol. The zero-order valence-corrected chi connectivity index (χ0v) is 52.9. The molecule has 5 aliphatic heterocycles. The molecule has 9 rings (SSSR count). The summed E-state index contributed by atoms with van der Waals surface area (Å²) in [6.45, 7) is 19.1. The van der Waals surface area contributed by atoms with Crippen LogP contribution in [0.2, 0.25) is 0 Å². The van der Waals surface area contributed by atoms with Crippen molar-refractivity contribution in [2.45, 2.75) is 241 Å². The Kier molecular flexibility index (Phi) is 18.3. The summed E-state index contributed by atoms with van der Waals surface area (Å²) in [6, 6.07) is 1.73. The fourth-order valence-corrected chi connectivity index (χ4v) is 14.8. The monoisotopic (exact) mass is 1250 g/mol. The molecule has 0 radical (unpaired) electrons. The van der Waals surface area contributed by atoms with E-state index in [4.69, 9.17) is 61.6 Å². The van der Waals surface area contributed by atoms with E-state index >= 15 is 0 Å². The lowest BCUT2D eigenvalue weighted by molar-refractivity contribution is -0.361. The highest BCUT2D eigenvalue weighted by molar-refractivity contribution is 7.81. The number of ketones is 2. The summed E-state index contributed by atoms with van der Waals surface area (Å²) in [5, 5.41) is 57.5. The van der Waals surface area contributed by atoms with Crippen molar-refractivity contribution in [3.05, 3.63) is 28.3 Å². The number of likely N-dealkylation sites (tertiary alicyclic amines) is 1. The summed E-state index contributed by atoms with van der Waals surface area (Å²) in [7, 11) is 4.13. The van der Waals surface area contributed by atoms with Crippen LogP contribution in [0, 0.1) is 25.7 Å². The first-order valence-corrected chi connectivity index (χ1v) is 30.2. The van der Waals surface area contributed by atoms with Crippen molar-refractivity contribution in [2.24, 2.45) is 11.8 Å². The lowest BCUT2D eigenvalue weighted by Gasteiger charge is -2.52. The number of thiol groups is 1. The van der Waals surface area contributed by atoms with Crippen molar-refractivity contribution < 1.29 is 116 Å². The molecule has 2 amide bonds. The molecule has 6 fully saturated rings. The van der Waals surface area contributed by atoms with Gasteiger partial charge in [-0.15, -0.1) is 0 Å². The smallest absolute Gasteiger partial charge is 0.306 e. The highest BCUT2D eigenvalue weighted by atomic mass is 32.1. The Bertz CT molecular complexity index is 3050. The zero-order valence-electron chi connectivity index (χ0n) is 52.0. The molecule has 87 heavy (non-hydrogen) atoms. The number of aromatic hydroxyl groups is 1. The number of aryl methyl sites for hydroxylation is 1. The number of carbonyl (C=O) groups is 6. The Balaban J connectivity index is 1.06. The Hall–Kier alpha value is -4.65. The topological polar surface area (TPSA) is 330 Å². The number of aliphatic carboxylic acids is 1. The number of carbonyl (C=O) groups excluding carboxylic acids is 5. The zero-order chi connectivity index (χ0) is 64.2. The molecular weight excluding hydrogens is 1160 g/mol. The second-order valence-electron chi connectivity index (χ2n) is 25.3. The molecule has 5 N–H and O–H groups in total. The van der Waals surface area contributed by atoms with Crippen LogP contribution in [0.3, 0.4) is 0 Å². The molecule has 1 spiro atoms. The lowest BCUT2D eigenvalue weighted by atomic mass is 9.56. The number of rotatable bonds is 27. The highest BCUT2D eigenvalue weighted by Crippen LogP contribution is 2.68. The standard InChI is InChI=1S/C61H85NO24S/c1-16-56(12,62-40(66)23-38(87)53(62)71)18-19-77-57(17-2,25-41(67)68)24-39(65)59(73)29(5)49-35(59)21-42(82-49)84-60(52-31(7)83-61(86-52,54(75-14)76-15)58(60)26-78-58)85-48-28(4)27(3)20-34-43(48)47(70)45-44(50(34)74-13)37(22-36(64)46(45)69)81-33(9)79-30(6)51(55(10,11)72)80-32(8)63/h20,29-31,33,35-38,42,49,51-52,54,64,70,72-73,87H,16-19,21-26H2,1-15H3,(H,67,68)/t29?,30?,31?,33?,35?,36?,37-,38?,42?,49?,51?,52?,56?,57?,58-,59?,60-,61?/m0/s1. The van der Waals surface area contributed by atoms with Crippen LogP contribution in [0.5, 0.6) is 17.2 Å². The third-order valence-electron chi connectivity index (χ3n) is 19.5. The maximum atomic E-state index is 14.9. The molecule has 0 aromatic heterocycles. The van der Waals surface area contributed by atoms with E-state index in [1.807, 2.05) is 6.92 Å².